The number of carbonyl (C=O) groups excluding carboxylic acids is 1. The molecular formula is C9H17NO2. The van der Waals surface area contributed by atoms with E-state index in [0.29, 0.717) is 12.5 Å². The van der Waals surface area contributed by atoms with Gasteiger partial charge >= 0.3 is 5.97 Å². The normalized spacial score (nSPS) is 27.8. The van der Waals surface area contributed by atoms with Gasteiger partial charge in [0.2, 0.25) is 0 Å². The Morgan fingerprint density at radius 3 is 2.75 bits per heavy atom. The second-order valence-corrected chi connectivity index (χ2v) is 3.55. The molecule has 0 spiro atoms. The predicted octanol–water partition coefficient (Wildman–Crippen LogP) is 0.938. The van der Waals surface area contributed by atoms with Crippen LogP contribution in [0.15, 0.2) is 0 Å². The minimum Gasteiger partial charge on any atom is -0.469 e. The van der Waals surface area contributed by atoms with Crippen LogP contribution in [0.25, 0.3) is 0 Å². The summed E-state index contributed by atoms with van der Waals surface area (Å²) in [6.07, 6.45) is 2.99. The summed E-state index contributed by atoms with van der Waals surface area (Å²) in [6.45, 7) is 3.00. The van der Waals surface area contributed by atoms with Crippen LogP contribution in [0.5, 0.6) is 0 Å². The molecule has 0 aromatic carbocycles. The van der Waals surface area contributed by atoms with E-state index in [9.17, 15) is 4.79 Å². The van der Waals surface area contributed by atoms with E-state index in [-0.39, 0.29) is 5.97 Å². The first-order valence-electron chi connectivity index (χ1n) is 4.52. The number of hydrogen-bond acceptors (Lipinski definition) is 3. The number of nitrogens with one attached hydrogen (secondary N) is 1. The summed E-state index contributed by atoms with van der Waals surface area (Å²) in [4.78, 5) is 10.7. The van der Waals surface area contributed by atoms with Gasteiger partial charge in [0.05, 0.1) is 13.5 Å². The smallest absolute Gasteiger partial charge is 0.306 e. The first-order valence-corrected chi connectivity index (χ1v) is 4.52. The van der Waals surface area contributed by atoms with E-state index in [2.05, 4.69) is 17.0 Å². The van der Waals surface area contributed by atoms with Crippen LogP contribution >= 0.6 is 0 Å². The molecule has 3 heteroatoms. The van der Waals surface area contributed by atoms with Crippen molar-refractivity contribution in [2.24, 2.45) is 5.92 Å². The molecule has 3 nitrogen and oxygen atoms in total. The van der Waals surface area contributed by atoms with Gasteiger partial charge in [-0.15, -0.1) is 0 Å². The van der Waals surface area contributed by atoms with Crippen LogP contribution in [0, 0.1) is 5.92 Å². The van der Waals surface area contributed by atoms with Crippen LogP contribution in [0.3, 0.4) is 0 Å². The molecule has 0 aromatic rings. The zero-order chi connectivity index (χ0) is 8.97. The Morgan fingerprint density at radius 2 is 2.25 bits per heavy atom. The van der Waals surface area contributed by atoms with Crippen molar-refractivity contribution < 1.29 is 9.53 Å². The third-order valence-electron chi connectivity index (χ3n) is 2.36. The quantitative estimate of drug-likeness (QED) is 0.640. The average molecular weight is 171 g/mol. The number of methoxy groups -OCH3 is 1. The van der Waals surface area contributed by atoms with Crippen molar-refractivity contribution in [3.8, 4) is 0 Å². The second-order valence-electron chi connectivity index (χ2n) is 3.55. The molecular weight excluding hydrogens is 154 g/mol. The second kappa shape index (κ2) is 4.45. The van der Waals surface area contributed by atoms with Crippen LogP contribution in [0.4, 0.5) is 0 Å². The van der Waals surface area contributed by atoms with E-state index >= 15 is 0 Å². The molecule has 1 N–H and O–H groups in total. The molecule has 1 fully saturated rings. The van der Waals surface area contributed by atoms with Crippen molar-refractivity contribution >= 4 is 5.97 Å². The lowest BCUT2D eigenvalue weighted by Crippen LogP contribution is -2.40. The van der Waals surface area contributed by atoms with Gasteiger partial charge in [-0.2, -0.15) is 0 Å². The fourth-order valence-corrected chi connectivity index (χ4v) is 1.55. The van der Waals surface area contributed by atoms with Gasteiger partial charge in [0, 0.05) is 12.6 Å². The van der Waals surface area contributed by atoms with Gasteiger partial charge in [-0.1, -0.05) is 6.92 Å². The molecule has 1 aliphatic rings. The Balaban J connectivity index is 1.93. The Kier molecular flexibility index (Phi) is 3.53. The molecule has 0 atom stereocenters. The van der Waals surface area contributed by atoms with Crippen molar-refractivity contribution in [3.63, 3.8) is 0 Å². The van der Waals surface area contributed by atoms with Gasteiger partial charge in [0.15, 0.2) is 0 Å². The largest absolute Gasteiger partial charge is 0.469 e. The fourth-order valence-electron chi connectivity index (χ4n) is 1.55. The third kappa shape index (κ3) is 2.81. The summed E-state index contributed by atoms with van der Waals surface area (Å²) < 4.78 is 4.53. The maximum absolute atomic E-state index is 10.7. The lowest BCUT2D eigenvalue weighted by Gasteiger charge is -2.33. The molecule has 0 heterocycles. The topological polar surface area (TPSA) is 38.3 Å². The SMILES string of the molecule is COC(=O)CCNC1CC(C)C1. The molecule has 1 rings (SSSR count). The lowest BCUT2D eigenvalue weighted by molar-refractivity contribution is -0.140. The Hall–Kier alpha value is -0.570. The van der Waals surface area contributed by atoms with Crippen LogP contribution in [-0.4, -0.2) is 25.7 Å². The number of carbonyl (C=O) groups is 1. The van der Waals surface area contributed by atoms with Crippen LogP contribution < -0.4 is 5.32 Å². The van der Waals surface area contributed by atoms with Crippen molar-refractivity contribution in [2.45, 2.75) is 32.2 Å². The van der Waals surface area contributed by atoms with Gasteiger partial charge in [-0.25, -0.2) is 0 Å². The van der Waals surface area contributed by atoms with Gasteiger partial charge in [-0.05, 0) is 18.8 Å². The van der Waals surface area contributed by atoms with E-state index in [1.54, 1.807) is 0 Å². The summed E-state index contributed by atoms with van der Waals surface area (Å²) >= 11 is 0. The van der Waals surface area contributed by atoms with E-state index in [1.165, 1.54) is 20.0 Å². The van der Waals surface area contributed by atoms with E-state index in [4.69, 9.17) is 0 Å². The van der Waals surface area contributed by atoms with E-state index < -0.39 is 0 Å². The molecule has 1 aliphatic carbocycles. The van der Waals surface area contributed by atoms with Crippen molar-refractivity contribution in [3.05, 3.63) is 0 Å². The molecule has 0 aliphatic heterocycles. The predicted molar refractivity (Wildman–Crippen MR) is 46.8 cm³/mol. The maximum atomic E-state index is 10.7. The summed E-state index contributed by atoms with van der Waals surface area (Å²) in [5.41, 5.74) is 0. The van der Waals surface area contributed by atoms with Gasteiger partial charge < -0.3 is 10.1 Å². The van der Waals surface area contributed by atoms with Gasteiger partial charge in [0.1, 0.15) is 0 Å². The summed E-state index contributed by atoms with van der Waals surface area (Å²) in [5, 5.41) is 3.31. The highest BCUT2D eigenvalue weighted by molar-refractivity contribution is 5.69. The fraction of sp³-hybridized carbons (Fsp3) is 0.889. The molecule has 0 radical (unpaired) electrons. The number of rotatable bonds is 4. The zero-order valence-corrected chi connectivity index (χ0v) is 7.80. The number of hydrogen-bond donors (Lipinski definition) is 1. The zero-order valence-electron chi connectivity index (χ0n) is 7.80. The summed E-state index contributed by atoms with van der Waals surface area (Å²) in [7, 11) is 1.42. The van der Waals surface area contributed by atoms with Crippen LogP contribution in [0.1, 0.15) is 26.2 Å². The first kappa shape index (κ1) is 9.52. The first-order chi connectivity index (χ1) is 5.72. The molecule has 70 valence electrons. The minimum atomic E-state index is -0.130. The highest BCUT2D eigenvalue weighted by Gasteiger charge is 2.24. The molecule has 12 heavy (non-hydrogen) atoms. The minimum absolute atomic E-state index is 0.130. The monoisotopic (exact) mass is 171 g/mol. The Bertz CT molecular complexity index is 153. The molecule has 0 bridgehead atoms. The van der Waals surface area contributed by atoms with Crippen molar-refractivity contribution in [2.75, 3.05) is 13.7 Å². The summed E-state index contributed by atoms with van der Waals surface area (Å²) in [6, 6.07) is 0.643. The molecule has 0 unspecified atom stereocenters. The number of esters is 1. The van der Waals surface area contributed by atoms with Crippen LogP contribution in [-0.2, 0) is 9.53 Å². The lowest BCUT2D eigenvalue weighted by atomic mass is 9.82. The van der Waals surface area contributed by atoms with Crippen molar-refractivity contribution in [1.82, 2.24) is 5.32 Å². The van der Waals surface area contributed by atoms with E-state index in [0.717, 1.165) is 12.5 Å². The van der Waals surface area contributed by atoms with Gasteiger partial charge in [0.25, 0.3) is 0 Å². The van der Waals surface area contributed by atoms with Crippen molar-refractivity contribution in [1.29, 1.82) is 0 Å². The molecule has 0 saturated heterocycles. The average Bonchev–Trinajstić information content (AvgIpc) is 2.01. The summed E-state index contributed by atoms with van der Waals surface area (Å²) in [5.74, 6) is 0.732. The maximum Gasteiger partial charge on any atom is 0.306 e. The Morgan fingerprint density at radius 1 is 1.58 bits per heavy atom. The van der Waals surface area contributed by atoms with Crippen LogP contribution in [0.2, 0.25) is 0 Å². The molecule has 0 amide bonds. The standard InChI is InChI=1S/C9H17NO2/c1-7-5-8(6-7)10-4-3-9(11)12-2/h7-8,10H,3-6H2,1-2H3. The molecule has 1 saturated carbocycles. The highest BCUT2D eigenvalue weighted by Crippen LogP contribution is 2.25. The molecule has 0 aromatic heterocycles. The van der Waals surface area contributed by atoms with Gasteiger partial charge in [-0.3, -0.25) is 4.79 Å². The highest BCUT2D eigenvalue weighted by atomic mass is 16.5. The third-order valence-corrected chi connectivity index (χ3v) is 2.36. The Labute approximate surface area is 73.5 Å². The number of ether oxygens (including phenoxy) is 1. The van der Waals surface area contributed by atoms with E-state index in [1.807, 2.05) is 0 Å².